The van der Waals surface area contributed by atoms with Crippen LogP contribution in [0.4, 0.5) is 13.2 Å². The van der Waals surface area contributed by atoms with Gasteiger partial charge < -0.3 is 19.8 Å². The third kappa shape index (κ3) is 3.99. The van der Waals surface area contributed by atoms with Crippen molar-refractivity contribution in [3.05, 3.63) is 28.9 Å². The van der Waals surface area contributed by atoms with Gasteiger partial charge in [0.1, 0.15) is 0 Å². The SMILES string of the molecule is COc1ncc(C(F)(F)F)cc1C=C(CN)B1OC(C)(C)C(C)(C)O1. The lowest BCUT2D eigenvalue weighted by molar-refractivity contribution is -0.137. The molecule has 1 saturated heterocycles. The van der Waals surface area contributed by atoms with E-state index in [9.17, 15) is 13.2 Å². The summed E-state index contributed by atoms with van der Waals surface area (Å²) in [4.78, 5) is 3.73. The highest BCUT2D eigenvalue weighted by atomic mass is 19.4. The minimum absolute atomic E-state index is 0.0518. The highest BCUT2D eigenvalue weighted by Gasteiger charge is 2.52. The zero-order chi connectivity index (χ0) is 19.0. The molecule has 9 heteroatoms. The van der Waals surface area contributed by atoms with Crippen LogP contribution in [0.5, 0.6) is 5.88 Å². The molecule has 0 bridgehead atoms. The van der Waals surface area contributed by atoms with Crippen molar-refractivity contribution in [2.24, 2.45) is 5.73 Å². The second-order valence-corrected chi connectivity index (χ2v) is 6.83. The number of alkyl halides is 3. The van der Waals surface area contributed by atoms with Crippen LogP contribution in [0.2, 0.25) is 0 Å². The van der Waals surface area contributed by atoms with E-state index in [1.165, 1.54) is 13.2 Å². The smallest absolute Gasteiger partial charge is 0.481 e. The van der Waals surface area contributed by atoms with Crippen LogP contribution in [0, 0.1) is 0 Å². The van der Waals surface area contributed by atoms with Crippen LogP contribution in [0.25, 0.3) is 6.08 Å². The summed E-state index contributed by atoms with van der Waals surface area (Å²) in [6.07, 6.45) is -2.30. The van der Waals surface area contributed by atoms with Crippen molar-refractivity contribution < 1.29 is 27.2 Å². The standard InChI is InChI=1S/C16H22BF3N2O3/c1-14(2)15(3,4)25-17(24-14)12(8-21)7-10-6-11(16(18,19)20)9-22-13(10)23-5/h6-7,9H,8,21H2,1-5H3. The minimum atomic E-state index is -4.50. The second-order valence-electron chi connectivity index (χ2n) is 6.83. The molecule has 1 aliphatic heterocycles. The molecule has 0 aromatic carbocycles. The molecule has 1 aromatic heterocycles. The maximum atomic E-state index is 13.0. The van der Waals surface area contributed by atoms with Gasteiger partial charge in [-0.1, -0.05) is 6.08 Å². The number of halogens is 3. The third-order valence-electron chi connectivity index (χ3n) is 4.53. The molecule has 2 rings (SSSR count). The molecular formula is C16H22BF3N2O3. The van der Waals surface area contributed by atoms with Gasteiger partial charge in [0.05, 0.1) is 23.9 Å². The molecule has 0 saturated carbocycles. The van der Waals surface area contributed by atoms with Gasteiger partial charge in [0.2, 0.25) is 5.88 Å². The van der Waals surface area contributed by atoms with Crippen molar-refractivity contribution in [1.29, 1.82) is 0 Å². The number of nitrogens with two attached hydrogens (primary N) is 1. The zero-order valence-electron chi connectivity index (χ0n) is 14.9. The van der Waals surface area contributed by atoms with Gasteiger partial charge in [0.25, 0.3) is 0 Å². The molecule has 1 fully saturated rings. The molecular weight excluding hydrogens is 336 g/mol. The number of rotatable bonds is 4. The molecule has 0 atom stereocenters. The molecule has 2 heterocycles. The number of hydrogen-bond acceptors (Lipinski definition) is 5. The molecule has 2 N–H and O–H groups in total. The molecule has 1 aliphatic rings. The van der Waals surface area contributed by atoms with Crippen molar-refractivity contribution in [3.8, 4) is 5.88 Å². The Hall–Kier alpha value is -1.58. The third-order valence-corrected chi connectivity index (χ3v) is 4.53. The van der Waals surface area contributed by atoms with Crippen LogP contribution in [0.15, 0.2) is 17.7 Å². The number of hydrogen-bond donors (Lipinski definition) is 1. The Morgan fingerprint density at radius 3 is 2.28 bits per heavy atom. The topological polar surface area (TPSA) is 66.6 Å². The maximum Gasteiger partial charge on any atom is 0.491 e. The first-order chi connectivity index (χ1) is 11.4. The summed E-state index contributed by atoms with van der Waals surface area (Å²) in [5.41, 5.74) is 4.41. The first-order valence-corrected chi connectivity index (χ1v) is 7.78. The Morgan fingerprint density at radius 1 is 1.28 bits per heavy atom. The summed E-state index contributed by atoms with van der Waals surface area (Å²) < 4.78 is 55.7. The first kappa shape index (κ1) is 19.7. The summed E-state index contributed by atoms with van der Waals surface area (Å²) in [6, 6.07) is 0.965. The van der Waals surface area contributed by atoms with Crippen molar-refractivity contribution in [2.75, 3.05) is 13.7 Å². The normalized spacial score (nSPS) is 20.0. The molecule has 0 aliphatic carbocycles. The summed E-state index contributed by atoms with van der Waals surface area (Å²) in [7, 11) is 0.582. The predicted molar refractivity (Wildman–Crippen MR) is 88.9 cm³/mol. The molecule has 0 radical (unpaired) electrons. The minimum Gasteiger partial charge on any atom is -0.481 e. The van der Waals surface area contributed by atoms with Crippen LogP contribution in [-0.2, 0) is 15.5 Å². The predicted octanol–water partition coefficient (Wildman–Crippen LogP) is 3.08. The number of ether oxygens (including phenoxy) is 1. The summed E-state index contributed by atoms with van der Waals surface area (Å²) in [5.74, 6) is 0.0652. The fourth-order valence-electron chi connectivity index (χ4n) is 2.32. The van der Waals surface area contributed by atoms with E-state index < -0.39 is 30.1 Å². The van der Waals surface area contributed by atoms with Gasteiger partial charge in [-0.2, -0.15) is 13.2 Å². The van der Waals surface area contributed by atoms with Crippen molar-refractivity contribution in [3.63, 3.8) is 0 Å². The van der Waals surface area contributed by atoms with Gasteiger partial charge in [-0.15, -0.1) is 0 Å². The molecule has 25 heavy (non-hydrogen) atoms. The van der Waals surface area contributed by atoms with Gasteiger partial charge in [-0.3, -0.25) is 0 Å². The fourth-order valence-corrected chi connectivity index (χ4v) is 2.32. The number of nitrogens with zero attached hydrogens (tertiary/aromatic N) is 1. The van der Waals surface area contributed by atoms with Gasteiger partial charge in [0, 0.05) is 18.3 Å². The Kier molecular flexibility index (Phi) is 5.23. The molecule has 138 valence electrons. The number of aromatic nitrogens is 1. The van der Waals surface area contributed by atoms with E-state index in [0.717, 1.165) is 12.3 Å². The average molecular weight is 358 g/mol. The first-order valence-electron chi connectivity index (χ1n) is 7.78. The highest BCUT2D eigenvalue weighted by molar-refractivity contribution is 6.55. The Balaban J connectivity index is 2.43. The largest absolute Gasteiger partial charge is 0.491 e. The van der Waals surface area contributed by atoms with E-state index in [-0.39, 0.29) is 18.0 Å². The molecule has 5 nitrogen and oxygen atoms in total. The Morgan fingerprint density at radius 2 is 1.84 bits per heavy atom. The van der Waals surface area contributed by atoms with Crippen molar-refractivity contribution in [2.45, 2.75) is 45.1 Å². The highest BCUT2D eigenvalue weighted by Crippen LogP contribution is 2.39. The lowest BCUT2D eigenvalue weighted by Gasteiger charge is -2.32. The fraction of sp³-hybridized carbons (Fsp3) is 0.562. The lowest BCUT2D eigenvalue weighted by atomic mass is 9.77. The van der Waals surface area contributed by atoms with Crippen LogP contribution in [0.1, 0.15) is 38.8 Å². The Bertz CT molecular complexity index is 659. The summed E-state index contributed by atoms with van der Waals surface area (Å²) in [5, 5.41) is 0. The van der Waals surface area contributed by atoms with Gasteiger partial charge in [0.15, 0.2) is 0 Å². The van der Waals surface area contributed by atoms with E-state index in [4.69, 9.17) is 19.8 Å². The van der Waals surface area contributed by atoms with E-state index in [1.807, 2.05) is 27.7 Å². The number of pyridine rings is 1. The molecule has 0 spiro atoms. The van der Waals surface area contributed by atoms with E-state index in [1.54, 1.807) is 0 Å². The second kappa shape index (κ2) is 6.62. The van der Waals surface area contributed by atoms with Gasteiger partial charge in [-0.25, -0.2) is 4.98 Å². The van der Waals surface area contributed by atoms with Crippen LogP contribution < -0.4 is 10.5 Å². The molecule has 0 amide bonds. The average Bonchev–Trinajstić information content (AvgIpc) is 2.71. The van der Waals surface area contributed by atoms with Crippen LogP contribution >= 0.6 is 0 Å². The zero-order valence-corrected chi connectivity index (χ0v) is 14.9. The van der Waals surface area contributed by atoms with E-state index in [2.05, 4.69) is 4.98 Å². The molecule has 1 aromatic rings. The molecule has 0 unspecified atom stereocenters. The maximum absolute atomic E-state index is 13.0. The Labute approximate surface area is 145 Å². The van der Waals surface area contributed by atoms with Crippen molar-refractivity contribution >= 4 is 13.2 Å². The van der Waals surface area contributed by atoms with Gasteiger partial charge >= 0.3 is 13.3 Å². The monoisotopic (exact) mass is 358 g/mol. The van der Waals surface area contributed by atoms with Crippen LogP contribution in [0.3, 0.4) is 0 Å². The van der Waals surface area contributed by atoms with E-state index in [0.29, 0.717) is 5.47 Å². The number of methoxy groups -OCH3 is 1. The van der Waals surface area contributed by atoms with E-state index >= 15 is 0 Å². The summed E-state index contributed by atoms with van der Waals surface area (Å²) >= 11 is 0. The van der Waals surface area contributed by atoms with Crippen LogP contribution in [-0.4, -0.2) is 37.0 Å². The summed E-state index contributed by atoms with van der Waals surface area (Å²) in [6.45, 7) is 7.58. The van der Waals surface area contributed by atoms with Gasteiger partial charge in [-0.05, 0) is 39.2 Å². The lowest BCUT2D eigenvalue weighted by Crippen LogP contribution is -2.41. The van der Waals surface area contributed by atoms with Crippen molar-refractivity contribution in [1.82, 2.24) is 4.98 Å². The quantitative estimate of drug-likeness (QED) is 0.838.